The van der Waals surface area contributed by atoms with Crippen molar-refractivity contribution in [1.82, 2.24) is 4.90 Å². The minimum Gasteiger partial charge on any atom is -0.396 e. The van der Waals surface area contributed by atoms with E-state index in [0.29, 0.717) is 19.5 Å². The molecule has 106 valence electrons. The molecule has 0 radical (unpaired) electrons. The molecule has 2 atom stereocenters. The number of carbonyl (C=O) groups is 1. The number of amides is 1. The highest BCUT2D eigenvalue weighted by Gasteiger charge is 2.35. The monoisotopic (exact) mass is 274 g/mol. The molecule has 5 nitrogen and oxygen atoms in total. The van der Waals surface area contributed by atoms with Crippen LogP contribution < -0.4 is 0 Å². The van der Waals surface area contributed by atoms with Gasteiger partial charge in [-0.25, -0.2) is 0 Å². The van der Waals surface area contributed by atoms with Gasteiger partial charge in [-0.2, -0.15) is 0 Å². The molecule has 0 spiro atoms. The predicted molar refractivity (Wildman–Crippen MR) is 74.2 cm³/mol. The lowest BCUT2D eigenvalue weighted by molar-refractivity contribution is -0.141. The molecule has 1 amide bonds. The first kappa shape index (κ1) is 13.1. The molecule has 1 saturated heterocycles. The Balaban J connectivity index is 1.60. The Labute approximate surface area is 117 Å². The van der Waals surface area contributed by atoms with Crippen LogP contribution in [0.25, 0.3) is 0 Å². The summed E-state index contributed by atoms with van der Waals surface area (Å²) in [6, 6.07) is 9.76. The van der Waals surface area contributed by atoms with E-state index >= 15 is 0 Å². The fourth-order valence-electron chi connectivity index (χ4n) is 2.70. The molecule has 1 aromatic rings. The van der Waals surface area contributed by atoms with E-state index < -0.39 is 6.10 Å². The zero-order valence-corrected chi connectivity index (χ0v) is 11.2. The van der Waals surface area contributed by atoms with Crippen molar-refractivity contribution >= 4 is 11.6 Å². The van der Waals surface area contributed by atoms with Gasteiger partial charge in [-0.3, -0.25) is 4.79 Å². The molecular weight excluding hydrogens is 256 g/mol. The quantitative estimate of drug-likeness (QED) is 0.895. The Morgan fingerprint density at radius 3 is 2.90 bits per heavy atom. The molecule has 2 aliphatic rings. The van der Waals surface area contributed by atoms with Crippen LogP contribution in [0.1, 0.15) is 18.4 Å². The van der Waals surface area contributed by atoms with Gasteiger partial charge in [-0.1, -0.05) is 35.5 Å². The summed E-state index contributed by atoms with van der Waals surface area (Å²) >= 11 is 0. The SMILES string of the molecule is O=C(C1CC(c2ccccc2)=NO1)N1CCC(CO)C1. The zero-order valence-electron chi connectivity index (χ0n) is 11.2. The van der Waals surface area contributed by atoms with Crippen molar-refractivity contribution < 1.29 is 14.7 Å². The number of hydrogen-bond donors (Lipinski definition) is 1. The van der Waals surface area contributed by atoms with E-state index in [-0.39, 0.29) is 18.4 Å². The highest BCUT2D eigenvalue weighted by atomic mass is 16.6. The summed E-state index contributed by atoms with van der Waals surface area (Å²) in [7, 11) is 0. The van der Waals surface area contributed by atoms with E-state index in [1.807, 2.05) is 30.3 Å². The first-order valence-electron chi connectivity index (χ1n) is 6.95. The molecule has 2 aliphatic heterocycles. The first-order chi connectivity index (χ1) is 9.78. The van der Waals surface area contributed by atoms with Crippen LogP contribution in [0.5, 0.6) is 0 Å². The van der Waals surface area contributed by atoms with Gasteiger partial charge in [-0.15, -0.1) is 0 Å². The summed E-state index contributed by atoms with van der Waals surface area (Å²) in [5, 5.41) is 13.2. The number of benzene rings is 1. The fourth-order valence-corrected chi connectivity index (χ4v) is 2.70. The van der Waals surface area contributed by atoms with E-state index in [2.05, 4.69) is 5.16 Å². The van der Waals surface area contributed by atoms with Crippen molar-refractivity contribution in [3.8, 4) is 0 Å². The highest BCUT2D eigenvalue weighted by molar-refractivity contribution is 6.04. The summed E-state index contributed by atoms with van der Waals surface area (Å²) in [6.45, 7) is 1.46. The third-order valence-corrected chi connectivity index (χ3v) is 3.91. The molecule has 0 aromatic heterocycles. The van der Waals surface area contributed by atoms with Gasteiger partial charge in [-0.05, 0) is 12.0 Å². The molecule has 5 heteroatoms. The van der Waals surface area contributed by atoms with Gasteiger partial charge in [0.1, 0.15) is 0 Å². The van der Waals surface area contributed by atoms with Gasteiger partial charge >= 0.3 is 0 Å². The number of oxime groups is 1. The summed E-state index contributed by atoms with van der Waals surface area (Å²) in [6.07, 6.45) is 0.868. The number of aliphatic hydroxyl groups is 1. The fraction of sp³-hybridized carbons (Fsp3) is 0.467. The maximum absolute atomic E-state index is 12.3. The van der Waals surface area contributed by atoms with Crippen LogP contribution >= 0.6 is 0 Å². The Morgan fingerprint density at radius 1 is 1.40 bits per heavy atom. The van der Waals surface area contributed by atoms with Crippen LogP contribution in [0.3, 0.4) is 0 Å². The standard InChI is InChI=1S/C15H18N2O3/c18-10-11-6-7-17(9-11)15(19)14-8-13(16-20-14)12-4-2-1-3-5-12/h1-5,11,14,18H,6-10H2. The van der Waals surface area contributed by atoms with Crippen molar-refractivity contribution in [3.05, 3.63) is 35.9 Å². The molecule has 1 fully saturated rings. The van der Waals surface area contributed by atoms with Gasteiger partial charge in [0, 0.05) is 32.0 Å². The zero-order chi connectivity index (χ0) is 13.9. The maximum Gasteiger partial charge on any atom is 0.266 e. The van der Waals surface area contributed by atoms with Gasteiger partial charge in [0.25, 0.3) is 5.91 Å². The minimum atomic E-state index is -0.511. The summed E-state index contributed by atoms with van der Waals surface area (Å²) < 4.78 is 0. The maximum atomic E-state index is 12.3. The van der Waals surface area contributed by atoms with Gasteiger partial charge in [0.2, 0.25) is 6.10 Å². The van der Waals surface area contributed by atoms with Crippen molar-refractivity contribution in [2.24, 2.45) is 11.1 Å². The van der Waals surface area contributed by atoms with E-state index in [1.165, 1.54) is 0 Å². The molecule has 0 saturated carbocycles. The highest BCUT2D eigenvalue weighted by Crippen LogP contribution is 2.22. The lowest BCUT2D eigenvalue weighted by atomic mass is 10.0. The molecule has 0 aliphatic carbocycles. The lowest BCUT2D eigenvalue weighted by Crippen LogP contribution is -2.38. The molecule has 1 aromatic carbocycles. The van der Waals surface area contributed by atoms with Crippen molar-refractivity contribution in [2.45, 2.75) is 18.9 Å². The van der Waals surface area contributed by atoms with Crippen LogP contribution in [-0.4, -0.2) is 47.4 Å². The number of likely N-dealkylation sites (tertiary alicyclic amines) is 1. The third kappa shape index (κ3) is 2.54. The normalized spacial score (nSPS) is 25.4. The van der Waals surface area contributed by atoms with Crippen LogP contribution in [0, 0.1) is 5.92 Å². The van der Waals surface area contributed by atoms with E-state index in [4.69, 9.17) is 9.94 Å². The lowest BCUT2D eigenvalue weighted by Gasteiger charge is -2.18. The van der Waals surface area contributed by atoms with Crippen molar-refractivity contribution in [2.75, 3.05) is 19.7 Å². The van der Waals surface area contributed by atoms with Crippen LogP contribution in [-0.2, 0) is 9.63 Å². The minimum absolute atomic E-state index is 0.0179. The third-order valence-electron chi connectivity index (χ3n) is 3.91. The number of carbonyl (C=O) groups excluding carboxylic acids is 1. The second-order valence-electron chi connectivity index (χ2n) is 5.32. The molecular formula is C15H18N2O3. The van der Waals surface area contributed by atoms with Crippen LogP contribution in [0.2, 0.25) is 0 Å². The average Bonchev–Trinajstić information content (AvgIpc) is 3.17. The average molecular weight is 274 g/mol. The summed E-state index contributed by atoms with van der Waals surface area (Å²) in [5.74, 6) is 0.186. The number of hydrogen-bond acceptors (Lipinski definition) is 4. The van der Waals surface area contributed by atoms with Gasteiger partial charge < -0.3 is 14.8 Å². The Hall–Kier alpha value is -1.88. The molecule has 2 heterocycles. The second-order valence-corrected chi connectivity index (χ2v) is 5.32. The summed E-state index contributed by atoms with van der Waals surface area (Å²) in [5.41, 5.74) is 1.82. The molecule has 2 unspecified atom stereocenters. The smallest absolute Gasteiger partial charge is 0.266 e. The van der Waals surface area contributed by atoms with Gasteiger partial charge in [0.05, 0.1) is 5.71 Å². The Kier molecular flexibility index (Phi) is 3.69. The number of aliphatic hydroxyl groups excluding tert-OH is 1. The number of rotatable bonds is 3. The van der Waals surface area contributed by atoms with E-state index in [1.54, 1.807) is 4.90 Å². The topological polar surface area (TPSA) is 62.1 Å². The van der Waals surface area contributed by atoms with Gasteiger partial charge in [0.15, 0.2) is 0 Å². The summed E-state index contributed by atoms with van der Waals surface area (Å²) in [4.78, 5) is 19.4. The van der Waals surface area contributed by atoms with E-state index in [9.17, 15) is 4.79 Å². The van der Waals surface area contributed by atoms with Crippen molar-refractivity contribution in [1.29, 1.82) is 0 Å². The Morgan fingerprint density at radius 2 is 2.20 bits per heavy atom. The van der Waals surface area contributed by atoms with Crippen LogP contribution in [0.15, 0.2) is 35.5 Å². The Bertz CT molecular complexity index is 515. The molecule has 3 rings (SSSR count). The second kappa shape index (κ2) is 5.63. The number of nitrogens with zero attached hydrogens (tertiary/aromatic N) is 2. The molecule has 0 bridgehead atoms. The molecule has 1 N–H and O–H groups in total. The van der Waals surface area contributed by atoms with Crippen LogP contribution in [0.4, 0.5) is 0 Å². The largest absolute Gasteiger partial charge is 0.396 e. The van der Waals surface area contributed by atoms with E-state index in [0.717, 1.165) is 17.7 Å². The first-order valence-corrected chi connectivity index (χ1v) is 6.95. The van der Waals surface area contributed by atoms with Crippen molar-refractivity contribution in [3.63, 3.8) is 0 Å². The predicted octanol–water partition coefficient (Wildman–Crippen LogP) is 1.02. The molecule has 20 heavy (non-hydrogen) atoms.